The SMILES string of the molecule is CN(CCC(=O)O)Cc1nc2cc(Cl)ccc2n1C. The summed E-state index contributed by atoms with van der Waals surface area (Å²) in [5, 5.41) is 9.33. The standard InChI is InChI=1S/C13H16ClN3O2/c1-16(6-5-13(18)19)8-12-15-10-7-9(14)3-4-11(10)17(12)2/h3-4,7H,5-6,8H2,1-2H3,(H,18,19). The molecule has 0 aliphatic carbocycles. The van der Waals surface area contributed by atoms with E-state index in [4.69, 9.17) is 16.7 Å². The second-order valence-electron chi connectivity index (χ2n) is 4.60. The number of hydrogen-bond donors (Lipinski definition) is 1. The lowest BCUT2D eigenvalue weighted by Crippen LogP contribution is -2.23. The van der Waals surface area contributed by atoms with Gasteiger partial charge in [0.15, 0.2) is 0 Å². The van der Waals surface area contributed by atoms with Crippen LogP contribution in [0.15, 0.2) is 18.2 Å². The molecule has 0 bridgehead atoms. The molecular formula is C13H16ClN3O2. The van der Waals surface area contributed by atoms with Gasteiger partial charge in [0.2, 0.25) is 0 Å². The van der Waals surface area contributed by atoms with Gasteiger partial charge in [-0.15, -0.1) is 0 Å². The van der Waals surface area contributed by atoms with Crippen molar-refractivity contribution < 1.29 is 9.90 Å². The maximum Gasteiger partial charge on any atom is 0.304 e. The quantitative estimate of drug-likeness (QED) is 0.912. The zero-order chi connectivity index (χ0) is 14.0. The van der Waals surface area contributed by atoms with E-state index in [1.165, 1.54) is 0 Å². The number of aromatic nitrogens is 2. The molecule has 0 amide bonds. The van der Waals surface area contributed by atoms with Crippen LogP contribution in [0.25, 0.3) is 11.0 Å². The summed E-state index contributed by atoms with van der Waals surface area (Å²) in [5.74, 6) is 0.105. The van der Waals surface area contributed by atoms with Gasteiger partial charge in [0.1, 0.15) is 5.82 Å². The van der Waals surface area contributed by atoms with Crippen molar-refractivity contribution in [3.63, 3.8) is 0 Å². The van der Waals surface area contributed by atoms with Crippen molar-refractivity contribution in [1.29, 1.82) is 0 Å². The molecule has 0 fully saturated rings. The second-order valence-corrected chi connectivity index (χ2v) is 5.04. The van der Waals surface area contributed by atoms with E-state index < -0.39 is 5.97 Å². The first-order valence-corrected chi connectivity index (χ1v) is 6.36. The number of imidazole rings is 1. The minimum absolute atomic E-state index is 0.131. The molecule has 0 radical (unpaired) electrons. The lowest BCUT2D eigenvalue weighted by molar-refractivity contribution is -0.137. The van der Waals surface area contributed by atoms with Crippen LogP contribution in [0.5, 0.6) is 0 Å². The molecule has 5 nitrogen and oxygen atoms in total. The Morgan fingerprint density at radius 1 is 1.53 bits per heavy atom. The molecule has 0 spiro atoms. The van der Waals surface area contributed by atoms with Crippen LogP contribution >= 0.6 is 11.6 Å². The zero-order valence-corrected chi connectivity index (χ0v) is 11.7. The van der Waals surface area contributed by atoms with Gasteiger partial charge in [0, 0.05) is 18.6 Å². The molecule has 1 aromatic carbocycles. The molecule has 0 unspecified atom stereocenters. The van der Waals surface area contributed by atoms with Gasteiger partial charge in [-0.1, -0.05) is 11.6 Å². The summed E-state index contributed by atoms with van der Waals surface area (Å²) in [7, 11) is 3.83. The molecule has 1 N–H and O–H groups in total. The van der Waals surface area contributed by atoms with Crippen LogP contribution in [0.2, 0.25) is 5.02 Å². The Balaban J connectivity index is 2.16. The fourth-order valence-electron chi connectivity index (χ4n) is 1.97. The average Bonchev–Trinajstić information content (AvgIpc) is 2.63. The van der Waals surface area contributed by atoms with E-state index in [0.717, 1.165) is 16.9 Å². The van der Waals surface area contributed by atoms with Crippen molar-refractivity contribution in [2.75, 3.05) is 13.6 Å². The molecule has 19 heavy (non-hydrogen) atoms. The van der Waals surface area contributed by atoms with Gasteiger partial charge in [-0.25, -0.2) is 4.98 Å². The van der Waals surface area contributed by atoms with Crippen LogP contribution in [0.1, 0.15) is 12.2 Å². The number of aryl methyl sites for hydroxylation is 1. The van der Waals surface area contributed by atoms with Gasteiger partial charge in [0.25, 0.3) is 0 Å². The van der Waals surface area contributed by atoms with E-state index >= 15 is 0 Å². The maximum absolute atomic E-state index is 10.5. The average molecular weight is 282 g/mol. The van der Waals surface area contributed by atoms with Gasteiger partial charge in [0.05, 0.1) is 24.0 Å². The number of hydrogen-bond acceptors (Lipinski definition) is 3. The summed E-state index contributed by atoms with van der Waals surface area (Å²) in [6, 6.07) is 5.60. The van der Waals surface area contributed by atoms with Crippen molar-refractivity contribution >= 4 is 28.6 Å². The van der Waals surface area contributed by atoms with Gasteiger partial charge in [-0.2, -0.15) is 0 Å². The molecule has 2 aromatic rings. The molecule has 1 aromatic heterocycles. The Labute approximate surface area is 116 Å². The summed E-state index contributed by atoms with van der Waals surface area (Å²) in [6.07, 6.45) is 0.131. The van der Waals surface area contributed by atoms with Gasteiger partial charge in [-0.3, -0.25) is 9.69 Å². The minimum atomic E-state index is -0.788. The lowest BCUT2D eigenvalue weighted by Gasteiger charge is -2.14. The fourth-order valence-corrected chi connectivity index (χ4v) is 2.14. The summed E-state index contributed by atoms with van der Waals surface area (Å²) >= 11 is 5.95. The van der Waals surface area contributed by atoms with Crippen molar-refractivity contribution in [3.05, 3.63) is 29.0 Å². The highest BCUT2D eigenvalue weighted by Gasteiger charge is 2.11. The highest BCUT2D eigenvalue weighted by molar-refractivity contribution is 6.31. The van der Waals surface area contributed by atoms with E-state index in [1.54, 1.807) is 0 Å². The monoisotopic (exact) mass is 281 g/mol. The first-order chi connectivity index (χ1) is 8.97. The molecule has 0 atom stereocenters. The fraction of sp³-hybridized carbons (Fsp3) is 0.385. The first kappa shape index (κ1) is 13.8. The molecular weight excluding hydrogens is 266 g/mol. The second kappa shape index (κ2) is 5.59. The van der Waals surface area contributed by atoms with Gasteiger partial charge >= 0.3 is 5.97 Å². The molecule has 0 aliphatic rings. The molecule has 6 heteroatoms. The van der Waals surface area contributed by atoms with Crippen LogP contribution in [-0.4, -0.2) is 39.1 Å². The zero-order valence-electron chi connectivity index (χ0n) is 10.9. The number of fused-ring (bicyclic) bond motifs is 1. The number of rotatable bonds is 5. The normalized spacial score (nSPS) is 11.4. The van der Waals surface area contributed by atoms with Crippen LogP contribution in [-0.2, 0) is 18.4 Å². The molecule has 0 saturated heterocycles. The summed E-state index contributed by atoms with van der Waals surface area (Å²) < 4.78 is 2.00. The molecule has 2 rings (SSSR count). The summed E-state index contributed by atoms with van der Waals surface area (Å²) in [4.78, 5) is 17.0. The predicted molar refractivity (Wildman–Crippen MR) is 74.3 cm³/mol. The topological polar surface area (TPSA) is 58.4 Å². The Kier molecular flexibility index (Phi) is 4.07. The van der Waals surface area contributed by atoms with Crippen molar-refractivity contribution in [3.8, 4) is 0 Å². The van der Waals surface area contributed by atoms with E-state index in [2.05, 4.69) is 4.98 Å². The van der Waals surface area contributed by atoms with Gasteiger partial charge < -0.3 is 9.67 Å². The van der Waals surface area contributed by atoms with E-state index in [0.29, 0.717) is 18.1 Å². The maximum atomic E-state index is 10.5. The summed E-state index contributed by atoms with van der Waals surface area (Å²) in [5.41, 5.74) is 1.88. The van der Waals surface area contributed by atoms with E-state index in [-0.39, 0.29) is 6.42 Å². The molecule has 1 heterocycles. The van der Waals surface area contributed by atoms with Crippen molar-refractivity contribution in [2.24, 2.45) is 7.05 Å². The van der Waals surface area contributed by atoms with Gasteiger partial charge in [-0.05, 0) is 25.2 Å². The van der Waals surface area contributed by atoms with Crippen LogP contribution in [0.3, 0.4) is 0 Å². The smallest absolute Gasteiger partial charge is 0.304 e. The third kappa shape index (κ3) is 3.24. The third-order valence-electron chi connectivity index (χ3n) is 3.05. The number of carbonyl (C=O) groups is 1. The van der Waals surface area contributed by atoms with Crippen molar-refractivity contribution in [1.82, 2.24) is 14.5 Å². The Bertz CT molecular complexity index is 609. The number of aliphatic carboxylic acids is 1. The Morgan fingerprint density at radius 2 is 2.26 bits per heavy atom. The highest BCUT2D eigenvalue weighted by atomic mass is 35.5. The van der Waals surface area contributed by atoms with Crippen molar-refractivity contribution in [2.45, 2.75) is 13.0 Å². The number of benzene rings is 1. The lowest BCUT2D eigenvalue weighted by atomic mass is 10.3. The molecule has 0 saturated carbocycles. The van der Waals surface area contributed by atoms with Crippen LogP contribution < -0.4 is 0 Å². The molecule has 102 valence electrons. The number of carboxylic acids is 1. The summed E-state index contributed by atoms with van der Waals surface area (Å²) in [6.45, 7) is 1.11. The van der Waals surface area contributed by atoms with E-state index in [1.807, 2.05) is 41.8 Å². The molecule has 0 aliphatic heterocycles. The van der Waals surface area contributed by atoms with Crippen LogP contribution in [0, 0.1) is 0 Å². The highest BCUT2D eigenvalue weighted by Crippen LogP contribution is 2.20. The number of nitrogens with zero attached hydrogens (tertiary/aromatic N) is 3. The largest absolute Gasteiger partial charge is 0.481 e. The Morgan fingerprint density at radius 3 is 2.95 bits per heavy atom. The minimum Gasteiger partial charge on any atom is -0.481 e. The number of carboxylic acid groups (broad SMARTS) is 1. The van der Waals surface area contributed by atoms with Crippen LogP contribution in [0.4, 0.5) is 0 Å². The number of halogens is 1. The Hall–Kier alpha value is -1.59. The third-order valence-corrected chi connectivity index (χ3v) is 3.29. The van der Waals surface area contributed by atoms with E-state index in [9.17, 15) is 4.79 Å². The first-order valence-electron chi connectivity index (χ1n) is 5.98. The predicted octanol–water partition coefficient (Wildman–Crippen LogP) is 2.13.